The molecular formula is C17H26N4O. The van der Waals surface area contributed by atoms with Crippen molar-refractivity contribution >= 4 is 5.91 Å². The minimum Gasteiger partial charge on any atom is -0.340 e. The molecule has 0 unspecified atom stereocenters. The summed E-state index contributed by atoms with van der Waals surface area (Å²) < 4.78 is 0. The lowest BCUT2D eigenvalue weighted by Crippen LogP contribution is -2.54. The predicted molar refractivity (Wildman–Crippen MR) is 86.0 cm³/mol. The zero-order chi connectivity index (χ0) is 15.4. The van der Waals surface area contributed by atoms with Crippen molar-refractivity contribution in [3.05, 3.63) is 30.1 Å². The summed E-state index contributed by atoms with van der Waals surface area (Å²) in [6, 6.07) is 4.08. The van der Waals surface area contributed by atoms with Gasteiger partial charge in [0.15, 0.2) is 0 Å². The Bertz CT molecular complexity index is 491. The van der Waals surface area contributed by atoms with Crippen molar-refractivity contribution in [3.63, 3.8) is 0 Å². The van der Waals surface area contributed by atoms with Crippen LogP contribution in [0.15, 0.2) is 24.5 Å². The van der Waals surface area contributed by atoms with Gasteiger partial charge in [0, 0.05) is 51.7 Å². The molecule has 0 radical (unpaired) electrons. The molecule has 120 valence electrons. The van der Waals surface area contributed by atoms with E-state index in [2.05, 4.69) is 16.0 Å². The Morgan fingerprint density at radius 3 is 2.55 bits per heavy atom. The first-order valence-electron chi connectivity index (χ1n) is 8.34. The average molecular weight is 302 g/mol. The Kier molecular flexibility index (Phi) is 4.74. The number of hydrogen-bond acceptors (Lipinski definition) is 4. The number of piperazine rings is 1. The SMILES string of the molecule is NCC1(C(=O)N2CCN(Cc3cccnc3)CC2)CCCC1. The molecule has 1 aromatic heterocycles. The molecule has 1 saturated heterocycles. The molecule has 5 nitrogen and oxygen atoms in total. The number of nitrogens with two attached hydrogens (primary N) is 1. The van der Waals surface area contributed by atoms with Crippen molar-refractivity contribution in [1.82, 2.24) is 14.8 Å². The fourth-order valence-electron chi connectivity index (χ4n) is 3.75. The van der Waals surface area contributed by atoms with Gasteiger partial charge in [-0.3, -0.25) is 14.7 Å². The minimum absolute atomic E-state index is 0.258. The van der Waals surface area contributed by atoms with Crippen molar-refractivity contribution in [2.24, 2.45) is 11.1 Å². The summed E-state index contributed by atoms with van der Waals surface area (Å²) in [6.07, 6.45) is 7.94. The Morgan fingerprint density at radius 2 is 1.95 bits per heavy atom. The van der Waals surface area contributed by atoms with Gasteiger partial charge in [0.25, 0.3) is 0 Å². The smallest absolute Gasteiger partial charge is 0.230 e. The summed E-state index contributed by atoms with van der Waals surface area (Å²) in [5, 5.41) is 0. The van der Waals surface area contributed by atoms with Crippen LogP contribution in [-0.2, 0) is 11.3 Å². The first-order chi connectivity index (χ1) is 10.7. The van der Waals surface area contributed by atoms with Gasteiger partial charge in [-0.15, -0.1) is 0 Å². The lowest BCUT2D eigenvalue weighted by molar-refractivity contribution is -0.143. The van der Waals surface area contributed by atoms with Gasteiger partial charge in [0.1, 0.15) is 0 Å². The highest BCUT2D eigenvalue weighted by atomic mass is 16.2. The van der Waals surface area contributed by atoms with E-state index < -0.39 is 0 Å². The molecule has 2 aliphatic rings. The van der Waals surface area contributed by atoms with E-state index in [0.717, 1.165) is 58.4 Å². The molecule has 0 spiro atoms. The summed E-state index contributed by atoms with van der Waals surface area (Å²) in [4.78, 5) is 21.4. The number of pyridine rings is 1. The van der Waals surface area contributed by atoms with E-state index >= 15 is 0 Å². The number of carbonyl (C=O) groups excluding carboxylic acids is 1. The number of carbonyl (C=O) groups is 1. The van der Waals surface area contributed by atoms with Crippen molar-refractivity contribution in [3.8, 4) is 0 Å². The quantitative estimate of drug-likeness (QED) is 0.909. The molecular weight excluding hydrogens is 276 g/mol. The van der Waals surface area contributed by atoms with E-state index in [9.17, 15) is 4.79 Å². The van der Waals surface area contributed by atoms with Gasteiger partial charge in [0.2, 0.25) is 5.91 Å². The molecule has 0 bridgehead atoms. The topological polar surface area (TPSA) is 62.5 Å². The van der Waals surface area contributed by atoms with E-state index in [-0.39, 0.29) is 5.41 Å². The minimum atomic E-state index is -0.258. The van der Waals surface area contributed by atoms with Gasteiger partial charge < -0.3 is 10.6 Å². The van der Waals surface area contributed by atoms with Crippen molar-refractivity contribution in [2.45, 2.75) is 32.2 Å². The van der Waals surface area contributed by atoms with E-state index in [1.165, 1.54) is 5.56 Å². The lowest BCUT2D eigenvalue weighted by Gasteiger charge is -2.39. The number of aromatic nitrogens is 1. The molecule has 5 heteroatoms. The second-order valence-corrected chi connectivity index (χ2v) is 6.62. The molecule has 1 aliphatic heterocycles. The molecule has 22 heavy (non-hydrogen) atoms. The molecule has 1 saturated carbocycles. The number of hydrogen-bond donors (Lipinski definition) is 1. The Hall–Kier alpha value is -1.46. The highest BCUT2D eigenvalue weighted by molar-refractivity contribution is 5.83. The van der Waals surface area contributed by atoms with E-state index in [4.69, 9.17) is 5.73 Å². The molecule has 0 aromatic carbocycles. The lowest BCUT2D eigenvalue weighted by atomic mass is 9.84. The van der Waals surface area contributed by atoms with Crippen LogP contribution in [0.25, 0.3) is 0 Å². The summed E-state index contributed by atoms with van der Waals surface area (Å²) in [5.41, 5.74) is 6.92. The zero-order valence-corrected chi connectivity index (χ0v) is 13.2. The van der Waals surface area contributed by atoms with Crippen LogP contribution in [0.4, 0.5) is 0 Å². The first kappa shape index (κ1) is 15.4. The fourth-order valence-corrected chi connectivity index (χ4v) is 3.75. The summed E-state index contributed by atoms with van der Waals surface area (Å²) in [7, 11) is 0. The molecule has 2 heterocycles. The molecule has 1 aromatic rings. The van der Waals surface area contributed by atoms with Gasteiger partial charge >= 0.3 is 0 Å². The third kappa shape index (κ3) is 3.15. The number of amides is 1. The van der Waals surface area contributed by atoms with Crippen LogP contribution in [0, 0.1) is 5.41 Å². The largest absolute Gasteiger partial charge is 0.340 e. The maximum absolute atomic E-state index is 12.8. The Balaban J connectivity index is 1.54. The van der Waals surface area contributed by atoms with Crippen LogP contribution in [0.3, 0.4) is 0 Å². The Morgan fingerprint density at radius 1 is 1.23 bits per heavy atom. The second kappa shape index (κ2) is 6.75. The summed E-state index contributed by atoms with van der Waals surface area (Å²) in [6.45, 7) is 4.92. The number of nitrogens with zero attached hydrogens (tertiary/aromatic N) is 3. The van der Waals surface area contributed by atoms with Crippen LogP contribution in [0.2, 0.25) is 0 Å². The van der Waals surface area contributed by atoms with Gasteiger partial charge in [-0.1, -0.05) is 18.9 Å². The van der Waals surface area contributed by atoms with Crippen LogP contribution in [0.1, 0.15) is 31.2 Å². The van der Waals surface area contributed by atoms with Crippen LogP contribution in [-0.4, -0.2) is 53.4 Å². The molecule has 2 fully saturated rings. The third-order valence-electron chi connectivity index (χ3n) is 5.19. The maximum Gasteiger partial charge on any atom is 0.230 e. The van der Waals surface area contributed by atoms with Gasteiger partial charge in [-0.25, -0.2) is 0 Å². The predicted octanol–water partition coefficient (Wildman–Crippen LogP) is 1.24. The van der Waals surface area contributed by atoms with Gasteiger partial charge in [0.05, 0.1) is 5.41 Å². The summed E-state index contributed by atoms with van der Waals surface area (Å²) in [5.74, 6) is 0.300. The van der Waals surface area contributed by atoms with Crippen LogP contribution in [0.5, 0.6) is 0 Å². The Labute approximate surface area is 132 Å². The fraction of sp³-hybridized carbons (Fsp3) is 0.647. The van der Waals surface area contributed by atoms with Crippen molar-refractivity contribution in [1.29, 1.82) is 0 Å². The van der Waals surface area contributed by atoms with Gasteiger partial charge in [-0.05, 0) is 24.5 Å². The normalized spacial score (nSPS) is 22.0. The van der Waals surface area contributed by atoms with Crippen molar-refractivity contribution in [2.75, 3.05) is 32.7 Å². The number of rotatable bonds is 4. The monoisotopic (exact) mass is 302 g/mol. The standard InChI is InChI=1S/C17H26N4O/c18-14-17(5-1-2-6-17)16(22)21-10-8-20(9-11-21)13-15-4-3-7-19-12-15/h3-4,7,12H,1-2,5-6,8-11,13-14,18H2. The second-order valence-electron chi connectivity index (χ2n) is 6.62. The first-order valence-corrected chi connectivity index (χ1v) is 8.34. The molecule has 1 amide bonds. The third-order valence-corrected chi connectivity index (χ3v) is 5.19. The van der Waals surface area contributed by atoms with E-state index in [0.29, 0.717) is 12.5 Å². The molecule has 2 N–H and O–H groups in total. The highest BCUT2D eigenvalue weighted by Gasteiger charge is 2.42. The van der Waals surface area contributed by atoms with Crippen LogP contribution < -0.4 is 5.73 Å². The van der Waals surface area contributed by atoms with Gasteiger partial charge in [-0.2, -0.15) is 0 Å². The van der Waals surface area contributed by atoms with Crippen LogP contribution >= 0.6 is 0 Å². The molecule has 1 aliphatic carbocycles. The van der Waals surface area contributed by atoms with E-state index in [1.54, 1.807) is 6.20 Å². The highest BCUT2D eigenvalue weighted by Crippen LogP contribution is 2.39. The molecule has 3 rings (SSSR count). The van der Waals surface area contributed by atoms with E-state index in [1.807, 2.05) is 17.2 Å². The summed E-state index contributed by atoms with van der Waals surface area (Å²) >= 11 is 0. The zero-order valence-electron chi connectivity index (χ0n) is 13.2. The maximum atomic E-state index is 12.8. The molecule has 0 atom stereocenters. The van der Waals surface area contributed by atoms with Crippen molar-refractivity contribution < 1.29 is 4.79 Å². The average Bonchev–Trinajstić information content (AvgIpc) is 3.06.